The molecule has 4 rings (SSSR count). The molecule has 2 unspecified atom stereocenters. The lowest BCUT2D eigenvalue weighted by atomic mass is 9.97. The third kappa shape index (κ3) is 2.62. The maximum absolute atomic E-state index is 13.4. The summed E-state index contributed by atoms with van der Waals surface area (Å²) in [6.45, 7) is 2.00. The molecule has 2 aromatic heterocycles. The number of rotatable bonds is 4. The fraction of sp³-hybridized carbons (Fsp3) is 0.600. The van der Waals surface area contributed by atoms with Crippen LogP contribution in [0.3, 0.4) is 0 Å². The fourth-order valence-corrected chi connectivity index (χ4v) is 3.11. The van der Waals surface area contributed by atoms with Crippen molar-refractivity contribution >= 4 is 5.91 Å². The van der Waals surface area contributed by atoms with Gasteiger partial charge in [0.15, 0.2) is 11.5 Å². The predicted molar refractivity (Wildman–Crippen MR) is 77.7 cm³/mol. The summed E-state index contributed by atoms with van der Waals surface area (Å²) in [5.74, 6) is 1.86. The van der Waals surface area contributed by atoms with Crippen molar-refractivity contribution in [2.75, 3.05) is 19.8 Å². The summed E-state index contributed by atoms with van der Waals surface area (Å²) >= 11 is 0. The molecule has 2 fully saturated rings. The first kappa shape index (κ1) is 14.3. The van der Waals surface area contributed by atoms with Gasteiger partial charge in [0, 0.05) is 36.9 Å². The Morgan fingerprint density at radius 3 is 2.96 bits per heavy atom. The van der Waals surface area contributed by atoms with Gasteiger partial charge in [-0.3, -0.25) is 14.3 Å². The van der Waals surface area contributed by atoms with Crippen LogP contribution >= 0.6 is 0 Å². The Bertz CT molecular complexity index is 723. The molecule has 0 bridgehead atoms. The maximum Gasteiger partial charge on any atom is 0.276 e. The largest absolute Gasteiger partial charge is 0.361 e. The van der Waals surface area contributed by atoms with Gasteiger partial charge in [0.2, 0.25) is 0 Å². The van der Waals surface area contributed by atoms with E-state index in [9.17, 15) is 9.18 Å². The molecule has 8 heteroatoms. The van der Waals surface area contributed by atoms with E-state index in [0.717, 1.165) is 18.7 Å². The van der Waals surface area contributed by atoms with Crippen LogP contribution in [0.2, 0.25) is 0 Å². The molecular weight excluding hydrogens is 301 g/mol. The molecule has 2 aromatic rings. The van der Waals surface area contributed by atoms with E-state index in [0.29, 0.717) is 30.6 Å². The molecule has 1 N–H and O–H groups in total. The summed E-state index contributed by atoms with van der Waals surface area (Å²) < 4.78 is 18.4. The minimum absolute atomic E-state index is 0.156. The number of nitrogens with one attached hydrogen (secondary N) is 1. The molecule has 0 aromatic carbocycles. The lowest BCUT2D eigenvalue weighted by Crippen LogP contribution is -2.29. The summed E-state index contributed by atoms with van der Waals surface area (Å²) in [6.07, 6.45) is 2.23. The van der Waals surface area contributed by atoms with Gasteiger partial charge >= 0.3 is 0 Å². The first-order valence-electron chi connectivity index (χ1n) is 7.86. The number of likely N-dealkylation sites (tertiary alicyclic amines) is 1. The highest BCUT2D eigenvalue weighted by Gasteiger charge is 2.39. The Morgan fingerprint density at radius 2 is 2.30 bits per heavy atom. The number of H-pyrrole nitrogens is 1. The molecule has 1 saturated heterocycles. The monoisotopic (exact) mass is 319 g/mol. The van der Waals surface area contributed by atoms with Gasteiger partial charge in [-0.2, -0.15) is 5.10 Å². The number of hydrogen-bond acceptors (Lipinski definition) is 5. The van der Waals surface area contributed by atoms with Crippen LogP contribution in [-0.4, -0.2) is 50.9 Å². The van der Waals surface area contributed by atoms with E-state index in [2.05, 4.69) is 20.3 Å². The van der Waals surface area contributed by atoms with E-state index in [1.165, 1.54) is 0 Å². The summed E-state index contributed by atoms with van der Waals surface area (Å²) in [4.78, 5) is 18.6. The van der Waals surface area contributed by atoms with Gasteiger partial charge in [-0.05, 0) is 19.8 Å². The first-order valence-corrected chi connectivity index (χ1v) is 7.86. The van der Waals surface area contributed by atoms with Crippen molar-refractivity contribution in [1.29, 1.82) is 0 Å². The zero-order valence-electron chi connectivity index (χ0n) is 12.8. The minimum atomic E-state index is -0.494. The molecule has 7 nitrogen and oxygen atoms in total. The second-order valence-electron chi connectivity index (χ2n) is 6.41. The van der Waals surface area contributed by atoms with E-state index in [4.69, 9.17) is 4.52 Å². The molecule has 0 radical (unpaired) electrons. The topological polar surface area (TPSA) is 87.9 Å². The van der Waals surface area contributed by atoms with Crippen molar-refractivity contribution in [3.63, 3.8) is 0 Å². The second-order valence-corrected chi connectivity index (χ2v) is 6.41. The Kier molecular flexibility index (Phi) is 3.39. The van der Waals surface area contributed by atoms with Crippen molar-refractivity contribution < 1.29 is 13.7 Å². The average molecular weight is 319 g/mol. The molecular formula is C15H18FN5O2. The van der Waals surface area contributed by atoms with Crippen LogP contribution in [0.5, 0.6) is 0 Å². The molecule has 1 saturated carbocycles. The summed E-state index contributed by atoms with van der Waals surface area (Å²) in [5.41, 5.74) is 0.261. The number of aromatic nitrogens is 4. The molecule has 0 spiro atoms. The van der Waals surface area contributed by atoms with Crippen LogP contribution in [0.15, 0.2) is 10.6 Å². The van der Waals surface area contributed by atoms with Gasteiger partial charge in [-0.1, -0.05) is 5.16 Å². The number of amides is 1. The third-order valence-electron chi connectivity index (χ3n) is 4.59. The van der Waals surface area contributed by atoms with Gasteiger partial charge in [-0.25, -0.2) is 4.98 Å². The van der Waals surface area contributed by atoms with E-state index in [1.54, 1.807) is 17.9 Å². The summed E-state index contributed by atoms with van der Waals surface area (Å²) in [6, 6.07) is 1.60. The zero-order chi connectivity index (χ0) is 16.0. The van der Waals surface area contributed by atoms with E-state index in [-0.39, 0.29) is 23.4 Å². The van der Waals surface area contributed by atoms with Crippen LogP contribution in [0, 0.1) is 12.8 Å². The van der Waals surface area contributed by atoms with Gasteiger partial charge in [-0.15, -0.1) is 0 Å². The maximum atomic E-state index is 13.4. The number of nitrogens with zero attached hydrogens (tertiary/aromatic N) is 4. The van der Waals surface area contributed by atoms with Crippen LogP contribution in [0.1, 0.15) is 52.6 Å². The first-order chi connectivity index (χ1) is 11.2. The number of hydrogen-bond donors (Lipinski definition) is 1. The van der Waals surface area contributed by atoms with Crippen molar-refractivity contribution in [2.45, 2.75) is 31.6 Å². The lowest BCUT2D eigenvalue weighted by Gasteiger charge is -2.13. The second kappa shape index (κ2) is 5.43. The molecule has 1 amide bonds. The normalized spacial score (nSPS) is 24.3. The molecule has 1 aliphatic carbocycles. The molecule has 122 valence electrons. The van der Waals surface area contributed by atoms with Crippen LogP contribution in [-0.2, 0) is 0 Å². The van der Waals surface area contributed by atoms with Gasteiger partial charge in [0.25, 0.3) is 5.91 Å². The minimum Gasteiger partial charge on any atom is -0.361 e. The Labute approximate surface area is 132 Å². The molecule has 2 atom stereocenters. The Hall–Kier alpha value is -2.25. The number of carbonyl (C=O) groups excluding carboxylic acids is 1. The van der Waals surface area contributed by atoms with Crippen molar-refractivity contribution in [3.05, 3.63) is 29.2 Å². The Morgan fingerprint density at radius 1 is 1.48 bits per heavy atom. The number of halogens is 1. The fourth-order valence-electron chi connectivity index (χ4n) is 3.11. The van der Waals surface area contributed by atoms with E-state index < -0.39 is 6.67 Å². The third-order valence-corrected chi connectivity index (χ3v) is 4.59. The number of alkyl halides is 1. The smallest absolute Gasteiger partial charge is 0.276 e. The SMILES string of the molecule is Cc1cc(C(=O)N2CC(CF)C(c3nc(C4CC4)n[nH]3)C2)no1. The lowest BCUT2D eigenvalue weighted by molar-refractivity contribution is 0.0774. The summed E-state index contributed by atoms with van der Waals surface area (Å²) in [5, 5.41) is 10.9. The highest BCUT2D eigenvalue weighted by atomic mass is 19.1. The van der Waals surface area contributed by atoms with Crippen molar-refractivity contribution in [3.8, 4) is 0 Å². The van der Waals surface area contributed by atoms with Crippen molar-refractivity contribution in [1.82, 2.24) is 25.2 Å². The number of aromatic amines is 1. The average Bonchev–Trinajstić information content (AvgIpc) is 2.99. The predicted octanol–water partition coefficient (Wildman–Crippen LogP) is 1.80. The number of aryl methyl sites for hydroxylation is 1. The van der Waals surface area contributed by atoms with Gasteiger partial charge in [0.05, 0.1) is 6.67 Å². The highest BCUT2D eigenvalue weighted by Crippen LogP contribution is 2.39. The molecule has 2 aliphatic rings. The van der Waals surface area contributed by atoms with E-state index in [1.807, 2.05) is 0 Å². The van der Waals surface area contributed by atoms with E-state index >= 15 is 0 Å². The van der Waals surface area contributed by atoms with Crippen LogP contribution < -0.4 is 0 Å². The molecule has 3 heterocycles. The molecule has 1 aliphatic heterocycles. The highest BCUT2D eigenvalue weighted by molar-refractivity contribution is 5.92. The zero-order valence-corrected chi connectivity index (χ0v) is 12.8. The van der Waals surface area contributed by atoms with Gasteiger partial charge in [0.1, 0.15) is 11.6 Å². The standard InChI is InChI=1S/C15H18FN5O2/c1-8-4-12(20-23-8)15(22)21-6-10(5-16)11(7-21)14-17-13(18-19-14)9-2-3-9/h4,9-11H,2-3,5-7H2,1H3,(H,17,18,19). The summed E-state index contributed by atoms with van der Waals surface area (Å²) in [7, 11) is 0. The molecule has 23 heavy (non-hydrogen) atoms. The quantitative estimate of drug-likeness (QED) is 0.928. The van der Waals surface area contributed by atoms with Crippen LogP contribution in [0.4, 0.5) is 4.39 Å². The van der Waals surface area contributed by atoms with Crippen molar-refractivity contribution in [2.24, 2.45) is 5.92 Å². The van der Waals surface area contributed by atoms with Gasteiger partial charge < -0.3 is 9.42 Å². The Balaban J connectivity index is 1.52. The number of carbonyl (C=O) groups is 1. The van der Waals surface area contributed by atoms with Crippen LogP contribution in [0.25, 0.3) is 0 Å².